The lowest BCUT2D eigenvalue weighted by Crippen LogP contribution is -2.26. The SMILES string of the molecule is CCOC(=O)c1c(NC(=O)C(CC)SC(C)=O)sc2c1CCC2. The second-order valence-corrected chi connectivity index (χ2v) is 7.76. The number of aryl methyl sites for hydroxylation is 1. The van der Waals surface area contributed by atoms with E-state index in [9.17, 15) is 14.4 Å². The first kappa shape index (κ1) is 18.0. The van der Waals surface area contributed by atoms with E-state index in [1.54, 1.807) is 6.92 Å². The number of nitrogens with one attached hydrogen (secondary N) is 1. The van der Waals surface area contributed by atoms with Gasteiger partial charge in [0.25, 0.3) is 0 Å². The van der Waals surface area contributed by atoms with Crippen molar-refractivity contribution in [1.29, 1.82) is 0 Å². The summed E-state index contributed by atoms with van der Waals surface area (Å²) in [5.74, 6) is -0.618. The van der Waals surface area contributed by atoms with Crippen molar-refractivity contribution >= 4 is 45.1 Å². The number of esters is 1. The number of carbonyl (C=O) groups is 3. The largest absolute Gasteiger partial charge is 0.462 e. The van der Waals surface area contributed by atoms with Crippen LogP contribution in [0.4, 0.5) is 5.00 Å². The van der Waals surface area contributed by atoms with E-state index in [-0.39, 0.29) is 17.0 Å². The molecule has 0 fully saturated rings. The first-order valence-corrected chi connectivity index (χ1v) is 9.47. The number of fused-ring (bicyclic) bond motifs is 1. The molecule has 1 aromatic heterocycles. The van der Waals surface area contributed by atoms with Crippen molar-refractivity contribution in [2.24, 2.45) is 0 Å². The van der Waals surface area contributed by atoms with Crippen LogP contribution in [0.15, 0.2) is 0 Å². The molecule has 2 rings (SSSR count). The minimum Gasteiger partial charge on any atom is -0.462 e. The molecule has 126 valence electrons. The van der Waals surface area contributed by atoms with E-state index in [0.717, 1.165) is 41.5 Å². The first-order valence-electron chi connectivity index (χ1n) is 7.77. The Hall–Kier alpha value is -1.34. The average Bonchev–Trinajstić information content (AvgIpc) is 3.04. The zero-order valence-electron chi connectivity index (χ0n) is 13.6. The second kappa shape index (κ2) is 7.97. The Labute approximate surface area is 144 Å². The summed E-state index contributed by atoms with van der Waals surface area (Å²) < 4.78 is 5.14. The van der Waals surface area contributed by atoms with Crippen LogP contribution in [0.3, 0.4) is 0 Å². The third-order valence-electron chi connectivity index (χ3n) is 3.61. The second-order valence-electron chi connectivity index (χ2n) is 5.28. The lowest BCUT2D eigenvalue weighted by Gasteiger charge is -2.13. The smallest absolute Gasteiger partial charge is 0.341 e. The van der Waals surface area contributed by atoms with Gasteiger partial charge in [0.05, 0.1) is 17.4 Å². The van der Waals surface area contributed by atoms with Crippen LogP contribution in [-0.2, 0) is 27.2 Å². The molecular formula is C16H21NO4S2. The molecule has 1 atom stereocenters. The molecule has 1 heterocycles. The third kappa shape index (κ3) is 4.14. The van der Waals surface area contributed by atoms with Crippen LogP contribution in [0.1, 0.15) is 54.4 Å². The van der Waals surface area contributed by atoms with E-state index in [4.69, 9.17) is 4.74 Å². The average molecular weight is 355 g/mol. The molecule has 0 saturated carbocycles. The number of hydrogen-bond donors (Lipinski definition) is 1. The molecule has 7 heteroatoms. The van der Waals surface area contributed by atoms with Gasteiger partial charge in [-0.3, -0.25) is 9.59 Å². The zero-order valence-corrected chi connectivity index (χ0v) is 15.2. The van der Waals surface area contributed by atoms with Gasteiger partial charge in [0, 0.05) is 11.8 Å². The molecule has 1 aromatic rings. The highest BCUT2D eigenvalue weighted by molar-refractivity contribution is 8.14. The number of thioether (sulfide) groups is 1. The van der Waals surface area contributed by atoms with E-state index in [0.29, 0.717) is 23.6 Å². The maximum absolute atomic E-state index is 12.4. The Morgan fingerprint density at radius 2 is 2.04 bits per heavy atom. The van der Waals surface area contributed by atoms with Gasteiger partial charge in [-0.05, 0) is 38.2 Å². The van der Waals surface area contributed by atoms with Gasteiger partial charge in [0.2, 0.25) is 5.91 Å². The number of carbonyl (C=O) groups excluding carboxylic acids is 3. The van der Waals surface area contributed by atoms with E-state index in [2.05, 4.69) is 5.32 Å². The van der Waals surface area contributed by atoms with Gasteiger partial charge in [-0.15, -0.1) is 11.3 Å². The maximum Gasteiger partial charge on any atom is 0.341 e. The van der Waals surface area contributed by atoms with Crippen molar-refractivity contribution in [1.82, 2.24) is 0 Å². The minimum atomic E-state index is -0.445. The molecule has 1 aliphatic rings. The van der Waals surface area contributed by atoms with E-state index in [1.165, 1.54) is 18.3 Å². The molecule has 0 saturated heterocycles. The Bertz CT molecular complexity index is 624. The lowest BCUT2D eigenvalue weighted by molar-refractivity contribution is -0.116. The van der Waals surface area contributed by atoms with Crippen molar-refractivity contribution in [2.75, 3.05) is 11.9 Å². The monoisotopic (exact) mass is 355 g/mol. The molecule has 0 spiro atoms. The summed E-state index contributed by atoms with van der Waals surface area (Å²) in [6, 6.07) is 0. The van der Waals surface area contributed by atoms with Crippen LogP contribution in [0.5, 0.6) is 0 Å². The highest BCUT2D eigenvalue weighted by Gasteiger charge is 2.29. The number of ether oxygens (including phenoxy) is 1. The number of amides is 1. The van der Waals surface area contributed by atoms with Gasteiger partial charge >= 0.3 is 5.97 Å². The molecular weight excluding hydrogens is 334 g/mol. The summed E-state index contributed by atoms with van der Waals surface area (Å²) in [5.41, 5.74) is 1.51. The molecule has 1 amide bonds. The fourth-order valence-corrected chi connectivity index (χ4v) is 4.64. The predicted octanol–water partition coefficient (Wildman–Crippen LogP) is 3.41. The molecule has 0 aromatic carbocycles. The highest BCUT2D eigenvalue weighted by atomic mass is 32.2. The Kier molecular flexibility index (Phi) is 6.24. The van der Waals surface area contributed by atoms with Crippen molar-refractivity contribution in [3.8, 4) is 0 Å². The molecule has 23 heavy (non-hydrogen) atoms. The zero-order chi connectivity index (χ0) is 17.0. The topological polar surface area (TPSA) is 72.5 Å². The Morgan fingerprint density at radius 3 is 2.65 bits per heavy atom. The van der Waals surface area contributed by atoms with Gasteiger partial charge < -0.3 is 10.1 Å². The number of hydrogen-bond acceptors (Lipinski definition) is 6. The van der Waals surface area contributed by atoms with Crippen molar-refractivity contribution in [2.45, 2.75) is 51.7 Å². The van der Waals surface area contributed by atoms with Gasteiger partial charge in [-0.2, -0.15) is 0 Å². The van der Waals surface area contributed by atoms with E-state index >= 15 is 0 Å². The summed E-state index contributed by atoms with van der Waals surface area (Å²) >= 11 is 2.47. The Morgan fingerprint density at radius 1 is 1.30 bits per heavy atom. The van der Waals surface area contributed by atoms with Crippen molar-refractivity contribution < 1.29 is 19.1 Å². The third-order valence-corrected chi connectivity index (χ3v) is 5.98. The van der Waals surface area contributed by atoms with Crippen LogP contribution < -0.4 is 5.32 Å². The molecule has 0 radical (unpaired) electrons. The van der Waals surface area contributed by atoms with E-state index < -0.39 is 5.25 Å². The van der Waals surface area contributed by atoms with Crippen LogP contribution in [-0.4, -0.2) is 28.8 Å². The van der Waals surface area contributed by atoms with Gasteiger partial charge in [-0.25, -0.2) is 4.79 Å². The first-order chi connectivity index (χ1) is 11.0. The fraction of sp³-hybridized carbons (Fsp3) is 0.562. The minimum absolute atomic E-state index is 0.0914. The lowest BCUT2D eigenvalue weighted by atomic mass is 10.1. The molecule has 5 nitrogen and oxygen atoms in total. The van der Waals surface area contributed by atoms with Gasteiger partial charge in [0.1, 0.15) is 5.00 Å². The van der Waals surface area contributed by atoms with E-state index in [1.807, 2.05) is 6.92 Å². The summed E-state index contributed by atoms with van der Waals surface area (Å²) in [6.07, 6.45) is 3.35. The fourth-order valence-electron chi connectivity index (χ4n) is 2.63. The highest BCUT2D eigenvalue weighted by Crippen LogP contribution is 2.39. The van der Waals surface area contributed by atoms with Crippen molar-refractivity contribution in [3.63, 3.8) is 0 Å². The van der Waals surface area contributed by atoms with Gasteiger partial charge in [0.15, 0.2) is 5.12 Å². The standard InChI is InChI=1S/C16H21NO4S2/c1-4-11(22-9(3)18)14(19)17-15-13(16(20)21-5-2)10-7-6-8-12(10)23-15/h11H,4-8H2,1-3H3,(H,17,19). The summed E-state index contributed by atoms with van der Waals surface area (Å²) in [6.45, 7) is 5.37. The number of rotatable bonds is 6. The Balaban J connectivity index is 2.24. The number of thiophene rings is 1. The normalized spacial score (nSPS) is 14.2. The molecule has 0 bridgehead atoms. The van der Waals surface area contributed by atoms with Crippen molar-refractivity contribution in [3.05, 3.63) is 16.0 Å². The quantitative estimate of drug-likeness (QED) is 0.792. The van der Waals surface area contributed by atoms with Crippen LogP contribution in [0.25, 0.3) is 0 Å². The molecule has 1 aliphatic carbocycles. The van der Waals surface area contributed by atoms with Gasteiger partial charge in [-0.1, -0.05) is 18.7 Å². The summed E-state index contributed by atoms with van der Waals surface area (Å²) in [7, 11) is 0. The summed E-state index contributed by atoms with van der Waals surface area (Å²) in [4.78, 5) is 37.1. The molecule has 1 unspecified atom stereocenters. The molecule has 0 aliphatic heterocycles. The number of anilines is 1. The van der Waals surface area contributed by atoms with Crippen LogP contribution in [0, 0.1) is 0 Å². The predicted molar refractivity (Wildman–Crippen MR) is 93.3 cm³/mol. The maximum atomic E-state index is 12.4. The molecule has 1 N–H and O–H groups in total. The van der Waals surface area contributed by atoms with Crippen LogP contribution in [0.2, 0.25) is 0 Å². The summed E-state index contributed by atoms with van der Waals surface area (Å²) in [5, 5.41) is 2.86. The van der Waals surface area contributed by atoms with Crippen LogP contribution >= 0.6 is 23.1 Å².